The van der Waals surface area contributed by atoms with Crippen LogP contribution >= 0.6 is 0 Å². The van der Waals surface area contributed by atoms with Crippen molar-refractivity contribution in [3.8, 4) is 0 Å². The third-order valence-corrected chi connectivity index (χ3v) is 6.45. The van der Waals surface area contributed by atoms with E-state index in [1.54, 1.807) is 32.9 Å². The molecule has 3 N–H and O–H groups in total. The average Bonchev–Trinajstić information content (AvgIpc) is 2.66. The predicted octanol–water partition coefficient (Wildman–Crippen LogP) is 0.404. The summed E-state index contributed by atoms with van der Waals surface area (Å²) < 4.78 is 66.9. The highest BCUT2D eigenvalue weighted by Crippen LogP contribution is 2.11. The molecule has 1 aromatic rings. The third kappa shape index (κ3) is 11.2. The van der Waals surface area contributed by atoms with E-state index < -0.39 is 37.8 Å². The number of hydrogen-bond donors (Lipinski definition) is 1. The van der Waals surface area contributed by atoms with Crippen LogP contribution in [0, 0.1) is 6.92 Å². The number of aryl methyl sites for hydroxylation is 1. The first-order valence-electron chi connectivity index (χ1n) is 9.94. The van der Waals surface area contributed by atoms with Crippen molar-refractivity contribution in [2.75, 3.05) is 26.3 Å². The molecule has 0 aliphatic carbocycles. The molecule has 1 aliphatic rings. The molecular weight excluding hydrogens is 460 g/mol. The van der Waals surface area contributed by atoms with Gasteiger partial charge in [-0.15, -0.1) is 0 Å². The van der Waals surface area contributed by atoms with Crippen molar-refractivity contribution in [2.45, 2.75) is 50.7 Å². The highest BCUT2D eigenvalue weighted by atomic mass is 32.2. The molecule has 0 radical (unpaired) electrons. The standard InChI is InChI=1S/C13H24N2O5S.C7H8O3S/c1-13(2,3)20-12(16)10-11(14)4-9-21(17,18)15-5-7-19-8-6-15;1-6-2-4-7(5-3-6)11(8,9)10/h4,9,11H,5-8,10,14H2,1-3H3;2-5H,1H3,(H,8,9,10)/b9-4+;/t11-;/m1./s1. The molecule has 10 nitrogen and oxygen atoms in total. The van der Waals surface area contributed by atoms with E-state index in [0.717, 1.165) is 11.0 Å². The molecule has 1 heterocycles. The monoisotopic (exact) mass is 492 g/mol. The summed E-state index contributed by atoms with van der Waals surface area (Å²) in [7, 11) is -7.74. The Morgan fingerprint density at radius 2 is 1.72 bits per heavy atom. The summed E-state index contributed by atoms with van der Waals surface area (Å²) in [5.41, 5.74) is 4.13. The molecule has 1 saturated heterocycles. The molecule has 1 fully saturated rings. The van der Waals surface area contributed by atoms with Gasteiger partial charge in [-0.3, -0.25) is 4.79 Å². The number of hydrogen-bond acceptors (Lipinski definition) is 8. The average molecular weight is 493 g/mol. The SMILES string of the molecule is CC(C)(C)OC(=O)C[C@H]([NH3+])/C=C/S(=O)(=O)N1CCOCC1.Cc1ccc(S(=O)(=O)[O-])cc1. The zero-order valence-corrected chi connectivity index (χ0v) is 20.4. The largest absolute Gasteiger partial charge is 0.744 e. The van der Waals surface area contributed by atoms with Crippen molar-refractivity contribution in [1.29, 1.82) is 0 Å². The van der Waals surface area contributed by atoms with Gasteiger partial charge in [0.15, 0.2) is 0 Å². The number of quaternary nitrogens is 1. The Kier molecular flexibility index (Phi) is 10.5. The fraction of sp³-hybridized carbons (Fsp3) is 0.550. The number of rotatable bonds is 6. The maximum absolute atomic E-state index is 12.0. The molecule has 0 unspecified atom stereocenters. The van der Waals surface area contributed by atoms with E-state index in [0.29, 0.717) is 26.3 Å². The number of ether oxygens (including phenoxy) is 2. The van der Waals surface area contributed by atoms with Crippen LogP contribution in [-0.4, -0.2) is 69.6 Å². The molecule has 0 bridgehead atoms. The minimum Gasteiger partial charge on any atom is -0.744 e. The second-order valence-corrected chi connectivity index (χ2v) is 11.4. The maximum atomic E-state index is 12.0. The summed E-state index contributed by atoms with van der Waals surface area (Å²) in [5, 5.41) is 1.11. The van der Waals surface area contributed by atoms with Crippen molar-refractivity contribution < 1.29 is 41.4 Å². The molecule has 12 heteroatoms. The highest BCUT2D eigenvalue weighted by Gasteiger charge is 2.23. The number of sulfonamides is 1. The second kappa shape index (κ2) is 11.9. The fourth-order valence-electron chi connectivity index (χ4n) is 2.47. The van der Waals surface area contributed by atoms with Crippen LogP contribution in [0.3, 0.4) is 0 Å². The summed E-state index contributed by atoms with van der Waals surface area (Å²) in [5.74, 6) is -0.393. The predicted molar refractivity (Wildman–Crippen MR) is 117 cm³/mol. The number of carbonyl (C=O) groups is 1. The van der Waals surface area contributed by atoms with Gasteiger partial charge in [0.25, 0.3) is 0 Å². The Morgan fingerprint density at radius 1 is 1.19 bits per heavy atom. The van der Waals surface area contributed by atoms with Crippen LogP contribution in [0.2, 0.25) is 0 Å². The van der Waals surface area contributed by atoms with Crippen molar-refractivity contribution >= 4 is 26.1 Å². The van der Waals surface area contributed by atoms with Crippen molar-refractivity contribution in [3.05, 3.63) is 41.3 Å². The van der Waals surface area contributed by atoms with Gasteiger partial charge in [0.2, 0.25) is 10.0 Å². The van der Waals surface area contributed by atoms with Gasteiger partial charge in [0, 0.05) is 18.5 Å². The second-order valence-electron chi connectivity index (χ2n) is 8.20. The van der Waals surface area contributed by atoms with E-state index in [1.165, 1.54) is 22.5 Å². The van der Waals surface area contributed by atoms with Gasteiger partial charge in [-0.05, 0) is 45.9 Å². The highest BCUT2D eigenvalue weighted by molar-refractivity contribution is 7.92. The van der Waals surface area contributed by atoms with Crippen LogP contribution in [-0.2, 0) is 34.4 Å². The molecule has 1 aromatic carbocycles. The van der Waals surface area contributed by atoms with E-state index in [4.69, 9.17) is 9.47 Å². The molecule has 2 rings (SSSR count). The van der Waals surface area contributed by atoms with Crippen LogP contribution < -0.4 is 5.73 Å². The lowest BCUT2D eigenvalue weighted by Gasteiger charge is -2.24. The topological polar surface area (TPSA) is 158 Å². The van der Waals surface area contributed by atoms with E-state index in [1.807, 2.05) is 6.92 Å². The summed E-state index contributed by atoms with van der Waals surface area (Å²) >= 11 is 0. The van der Waals surface area contributed by atoms with Crippen molar-refractivity contribution in [2.24, 2.45) is 0 Å². The van der Waals surface area contributed by atoms with Gasteiger partial charge in [-0.25, -0.2) is 16.8 Å². The number of esters is 1. The summed E-state index contributed by atoms with van der Waals surface area (Å²) in [6.07, 6.45) is 1.47. The molecule has 32 heavy (non-hydrogen) atoms. The first-order chi connectivity index (χ1) is 14.6. The quantitative estimate of drug-likeness (QED) is 0.441. The first-order valence-corrected chi connectivity index (χ1v) is 12.8. The Morgan fingerprint density at radius 3 is 2.19 bits per heavy atom. The van der Waals surface area contributed by atoms with Crippen LogP contribution in [0.25, 0.3) is 0 Å². The van der Waals surface area contributed by atoms with Crippen LogP contribution in [0.5, 0.6) is 0 Å². The van der Waals surface area contributed by atoms with E-state index >= 15 is 0 Å². The van der Waals surface area contributed by atoms with E-state index in [2.05, 4.69) is 5.73 Å². The minimum atomic E-state index is -4.27. The summed E-state index contributed by atoms with van der Waals surface area (Å²) in [6, 6.07) is 5.33. The minimum absolute atomic E-state index is 0.0480. The first kappa shape index (κ1) is 28.2. The Balaban J connectivity index is 0.000000389. The Hall–Kier alpha value is -1.83. The van der Waals surface area contributed by atoms with Crippen LogP contribution in [0.1, 0.15) is 32.8 Å². The number of nitrogens with zero attached hydrogens (tertiary/aromatic N) is 1. The van der Waals surface area contributed by atoms with Gasteiger partial charge < -0.3 is 19.8 Å². The summed E-state index contributed by atoms with van der Waals surface area (Å²) in [4.78, 5) is 11.4. The van der Waals surface area contributed by atoms with Crippen LogP contribution in [0.15, 0.2) is 40.6 Å². The molecule has 0 amide bonds. The smallest absolute Gasteiger partial charge is 0.312 e. The number of carbonyl (C=O) groups excluding carboxylic acids is 1. The lowest BCUT2D eigenvalue weighted by molar-refractivity contribution is -0.402. The van der Waals surface area contributed by atoms with Crippen molar-refractivity contribution in [3.63, 3.8) is 0 Å². The molecule has 0 saturated carbocycles. The lowest BCUT2D eigenvalue weighted by atomic mass is 10.2. The molecule has 1 aliphatic heterocycles. The normalized spacial score (nSPS) is 16.8. The van der Waals surface area contributed by atoms with Gasteiger partial charge in [0.1, 0.15) is 28.2 Å². The maximum Gasteiger partial charge on any atom is 0.312 e. The zero-order chi connectivity index (χ0) is 24.6. The Labute approximate surface area is 190 Å². The zero-order valence-electron chi connectivity index (χ0n) is 18.8. The fourth-order valence-corrected chi connectivity index (χ4v) is 4.19. The molecule has 0 aromatic heterocycles. The van der Waals surface area contributed by atoms with Gasteiger partial charge in [-0.2, -0.15) is 4.31 Å². The molecule has 182 valence electrons. The molecule has 1 atom stereocenters. The Bertz CT molecular complexity index is 975. The third-order valence-electron chi connectivity index (χ3n) is 4.01. The lowest BCUT2D eigenvalue weighted by Crippen LogP contribution is -2.60. The van der Waals surface area contributed by atoms with Gasteiger partial charge in [0.05, 0.1) is 18.1 Å². The number of morpholine rings is 1. The van der Waals surface area contributed by atoms with Gasteiger partial charge in [-0.1, -0.05) is 17.7 Å². The van der Waals surface area contributed by atoms with E-state index in [9.17, 15) is 26.2 Å². The number of benzene rings is 1. The van der Waals surface area contributed by atoms with Crippen LogP contribution in [0.4, 0.5) is 0 Å². The van der Waals surface area contributed by atoms with Crippen molar-refractivity contribution in [1.82, 2.24) is 4.31 Å². The molecular formula is C20H32N2O8S2. The van der Waals surface area contributed by atoms with E-state index in [-0.39, 0.29) is 11.3 Å². The summed E-state index contributed by atoms with van der Waals surface area (Å²) in [6.45, 7) is 8.66. The van der Waals surface area contributed by atoms with Gasteiger partial charge >= 0.3 is 5.97 Å². The molecule has 0 spiro atoms.